The van der Waals surface area contributed by atoms with Crippen LogP contribution in [-0.4, -0.2) is 92.0 Å². The van der Waals surface area contributed by atoms with E-state index in [2.05, 4.69) is 17.1 Å². The minimum absolute atomic E-state index is 0.00702. The maximum absolute atomic E-state index is 13.2. The maximum Gasteiger partial charge on any atom is 0.253 e. The van der Waals surface area contributed by atoms with E-state index in [9.17, 15) is 9.59 Å². The van der Waals surface area contributed by atoms with E-state index in [0.717, 1.165) is 64.4 Å². The minimum atomic E-state index is -0.00702. The van der Waals surface area contributed by atoms with Crippen LogP contribution in [-0.2, 0) is 4.79 Å². The van der Waals surface area contributed by atoms with Crippen LogP contribution in [0.2, 0.25) is 0 Å². The third kappa shape index (κ3) is 7.51. The molecule has 7 heteroatoms. The fraction of sp³-hybridized carbons (Fsp3) is 0.667. The molecule has 2 amide bonds. The number of carbonyl (C=O) groups is 2. The zero-order valence-electron chi connectivity index (χ0n) is 19.0. The average molecular weight is 431 g/mol. The molecule has 7 nitrogen and oxygen atoms in total. The molecule has 0 atom stereocenters. The zero-order valence-corrected chi connectivity index (χ0v) is 19.0. The van der Waals surface area contributed by atoms with Gasteiger partial charge in [-0.05, 0) is 56.6 Å². The number of rotatable bonds is 11. The number of nitrogens with one attached hydrogen (secondary N) is 1. The van der Waals surface area contributed by atoms with Crippen LogP contribution in [0.1, 0.15) is 49.4 Å². The number of piperazine rings is 1. The summed E-state index contributed by atoms with van der Waals surface area (Å²) >= 11 is 0. The molecule has 2 aliphatic rings. The highest BCUT2D eigenvalue weighted by molar-refractivity contribution is 5.94. The quantitative estimate of drug-likeness (QED) is 0.546. The molecule has 1 N–H and O–H groups in total. The summed E-state index contributed by atoms with van der Waals surface area (Å²) in [6.07, 6.45) is 4.95. The Morgan fingerprint density at radius 2 is 1.74 bits per heavy atom. The molecule has 2 fully saturated rings. The molecule has 0 aromatic heterocycles. The van der Waals surface area contributed by atoms with Gasteiger partial charge in [-0.3, -0.25) is 9.59 Å². The summed E-state index contributed by atoms with van der Waals surface area (Å²) in [5, 5.41) is 3.27. The van der Waals surface area contributed by atoms with Crippen molar-refractivity contribution in [1.82, 2.24) is 20.0 Å². The summed E-state index contributed by atoms with van der Waals surface area (Å²) < 4.78 is 5.72. The lowest BCUT2D eigenvalue weighted by Gasteiger charge is -2.29. The molecule has 0 saturated carbocycles. The summed E-state index contributed by atoms with van der Waals surface area (Å²) in [7, 11) is 0. The highest BCUT2D eigenvalue weighted by atomic mass is 16.5. The predicted molar refractivity (Wildman–Crippen MR) is 122 cm³/mol. The van der Waals surface area contributed by atoms with Crippen LogP contribution in [0.4, 0.5) is 0 Å². The van der Waals surface area contributed by atoms with Gasteiger partial charge < -0.3 is 24.8 Å². The van der Waals surface area contributed by atoms with Crippen LogP contribution in [0.5, 0.6) is 5.75 Å². The van der Waals surface area contributed by atoms with E-state index in [1.54, 1.807) is 0 Å². The smallest absolute Gasteiger partial charge is 0.253 e. The van der Waals surface area contributed by atoms with E-state index in [-0.39, 0.29) is 11.8 Å². The van der Waals surface area contributed by atoms with Gasteiger partial charge in [-0.25, -0.2) is 0 Å². The minimum Gasteiger partial charge on any atom is -0.494 e. The monoisotopic (exact) mass is 430 g/mol. The lowest BCUT2D eigenvalue weighted by Crippen LogP contribution is -2.47. The number of hydrogen-bond acceptors (Lipinski definition) is 5. The van der Waals surface area contributed by atoms with Gasteiger partial charge in [0.2, 0.25) is 5.91 Å². The van der Waals surface area contributed by atoms with Crippen LogP contribution in [0.3, 0.4) is 0 Å². The summed E-state index contributed by atoms with van der Waals surface area (Å²) in [4.78, 5) is 32.0. The molecule has 2 heterocycles. The molecule has 2 saturated heterocycles. The van der Waals surface area contributed by atoms with Crippen molar-refractivity contribution in [2.45, 2.75) is 39.0 Å². The van der Waals surface area contributed by atoms with E-state index in [1.807, 2.05) is 34.1 Å². The van der Waals surface area contributed by atoms with E-state index in [4.69, 9.17) is 4.74 Å². The number of carbonyl (C=O) groups excluding carboxylic acids is 2. The Morgan fingerprint density at radius 3 is 2.42 bits per heavy atom. The highest BCUT2D eigenvalue weighted by Crippen LogP contribution is 2.15. The normalized spacial score (nSPS) is 17.0. The Hall–Kier alpha value is -2.12. The Balaban J connectivity index is 1.58. The van der Waals surface area contributed by atoms with Crippen LogP contribution >= 0.6 is 0 Å². The van der Waals surface area contributed by atoms with Crippen molar-refractivity contribution in [2.24, 2.45) is 0 Å². The van der Waals surface area contributed by atoms with Gasteiger partial charge in [0.1, 0.15) is 5.75 Å². The number of unbranched alkanes of at least 4 members (excludes halogenated alkanes) is 1. The van der Waals surface area contributed by atoms with Gasteiger partial charge in [0.15, 0.2) is 0 Å². The van der Waals surface area contributed by atoms with Crippen molar-refractivity contribution in [2.75, 3.05) is 65.5 Å². The SMILES string of the molecule is CCCCOc1ccc(C(=O)N(CCC(=O)N2CCNCC2)CCN2CCCC2)cc1. The first-order valence-corrected chi connectivity index (χ1v) is 11.9. The van der Waals surface area contributed by atoms with Gasteiger partial charge >= 0.3 is 0 Å². The standard InChI is InChI=1S/C24H38N4O3/c1-2-3-20-31-22-8-6-21(7-9-22)24(30)28(19-18-26-13-4-5-14-26)15-10-23(29)27-16-11-25-12-17-27/h6-9,25H,2-5,10-20H2,1H3. The van der Waals surface area contributed by atoms with Crippen LogP contribution < -0.4 is 10.1 Å². The third-order valence-corrected chi connectivity index (χ3v) is 6.11. The van der Waals surface area contributed by atoms with Gasteiger partial charge in [0.05, 0.1) is 6.61 Å². The van der Waals surface area contributed by atoms with E-state index >= 15 is 0 Å². The summed E-state index contributed by atoms with van der Waals surface area (Å²) in [5.74, 6) is 0.926. The summed E-state index contributed by atoms with van der Waals surface area (Å²) in [6, 6.07) is 7.41. The molecule has 172 valence electrons. The van der Waals surface area contributed by atoms with Crippen molar-refractivity contribution in [3.8, 4) is 5.75 Å². The van der Waals surface area contributed by atoms with Gasteiger partial charge in [0, 0.05) is 57.8 Å². The first-order valence-electron chi connectivity index (χ1n) is 11.9. The average Bonchev–Trinajstić information content (AvgIpc) is 3.33. The number of likely N-dealkylation sites (tertiary alicyclic amines) is 1. The van der Waals surface area contributed by atoms with Crippen LogP contribution in [0.15, 0.2) is 24.3 Å². The van der Waals surface area contributed by atoms with Crippen LogP contribution in [0.25, 0.3) is 0 Å². The van der Waals surface area contributed by atoms with Gasteiger partial charge in [-0.1, -0.05) is 13.3 Å². The van der Waals surface area contributed by atoms with Crippen molar-refractivity contribution in [1.29, 1.82) is 0 Å². The Morgan fingerprint density at radius 1 is 1.03 bits per heavy atom. The summed E-state index contributed by atoms with van der Waals surface area (Å²) in [6.45, 7) is 10.2. The fourth-order valence-electron chi connectivity index (χ4n) is 4.10. The van der Waals surface area contributed by atoms with Crippen molar-refractivity contribution in [3.05, 3.63) is 29.8 Å². The second-order valence-corrected chi connectivity index (χ2v) is 8.45. The molecule has 0 bridgehead atoms. The summed E-state index contributed by atoms with van der Waals surface area (Å²) in [5.41, 5.74) is 0.652. The second kappa shape index (κ2) is 12.7. The molecule has 0 unspecified atom stereocenters. The number of benzene rings is 1. The lowest BCUT2D eigenvalue weighted by atomic mass is 10.1. The fourth-order valence-corrected chi connectivity index (χ4v) is 4.10. The Labute approximate surface area is 186 Å². The van der Waals surface area contributed by atoms with E-state index < -0.39 is 0 Å². The maximum atomic E-state index is 13.2. The molecule has 0 radical (unpaired) electrons. The molecule has 1 aromatic carbocycles. The van der Waals surface area contributed by atoms with Gasteiger partial charge in [0.25, 0.3) is 5.91 Å². The molecule has 2 aliphatic heterocycles. The number of ether oxygens (including phenoxy) is 1. The molecule has 0 aliphatic carbocycles. The largest absolute Gasteiger partial charge is 0.494 e. The molecule has 0 spiro atoms. The Bertz CT molecular complexity index is 683. The number of amides is 2. The highest BCUT2D eigenvalue weighted by Gasteiger charge is 2.22. The molecule has 1 aromatic rings. The number of hydrogen-bond donors (Lipinski definition) is 1. The van der Waals surface area contributed by atoms with E-state index in [0.29, 0.717) is 31.7 Å². The zero-order chi connectivity index (χ0) is 21.9. The first kappa shape index (κ1) is 23.5. The van der Waals surface area contributed by atoms with Crippen molar-refractivity contribution < 1.29 is 14.3 Å². The second-order valence-electron chi connectivity index (χ2n) is 8.45. The van der Waals surface area contributed by atoms with Crippen molar-refractivity contribution >= 4 is 11.8 Å². The molecule has 31 heavy (non-hydrogen) atoms. The number of nitrogens with zero attached hydrogens (tertiary/aromatic N) is 3. The Kier molecular flexibility index (Phi) is 9.62. The third-order valence-electron chi connectivity index (χ3n) is 6.11. The topological polar surface area (TPSA) is 65.1 Å². The predicted octanol–water partition coefficient (Wildman–Crippen LogP) is 2.23. The van der Waals surface area contributed by atoms with Gasteiger partial charge in [-0.15, -0.1) is 0 Å². The molecule has 3 rings (SSSR count). The lowest BCUT2D eigenvalue weighted by molar-refractivity contribution is -0.131. The van der Waals surface area contributed by atoms with Crippen molar-refractivity contribution in [3.63, 3.8) is 0 Å². The molecular formula is C24H38N4O3. The molecular weight excluding hydrogens is 392 g/mol. The van der Waals surface area contributed by atoms with Crippen LogP contribution in [0, 0.1) is 0 Å². The first-order chi connectivity index (χ1) is 15.2. The van der Waals surface area contributed by atoms with Gasteiger partial charge in [-0.2, -0.15) is 0 Å². The van der Waals surface area contributed by atoms with E-state index in [1.165, 1.54) is 12.8 Å².